The Morgan fingerprint density at radius 3 is 2.45 bits per heavy atom. The van der Waals surface area contributed by atoms with Crippen molar-refractivity contribution in [1.29, 1.82) is 0 Å². The van der Waals surface area contributed by atoms with Gasteiger partial charge in [0.1, 0.15) is 17.4 Å². The first-order chi connectivity index (χ1) is 9.38. The molecule has 0 bridgehead atoms. The third-order valence-corrected chi connectivity index (χ3v) is 3.25. The molecule has 0 saturated heterocycles. The van der Waals surface area contributed by atoms with Crippen molar-refractivity contribution in [3.63, 3.8) is 0 Å². The first kappa shape index (κ1) is 14.3. The van der Waals surface area contributed by atoms with Gasteiger partial charge in [-0.25, -0.2) is 4.98 Å². The molecule has 1 heterocycles. The van der Waals surface area contributed by atoms with Gasteiger partial charge in [0.2, 0.25) is 5.88 Å². The molecule has 0 saturated carbocycles. The highest BCUT2D eigenvalue weighted by Gasteiger charge is 2.13. The van der Waals surface area contributed by atoms with Gasteiger partial charge in [-0.3, -0.25) is 0 Å². The summed E-state index contributed by atoms with van der Waals surface area (Å²) in [6.07, 6.45) is 0. The highest BCUT2D eigenvalue weighted by Crippen LogP contribution is 2.32. The summed E-state index contributed by atoms with van der Waals surface area (Å²) in [5.41, 5.74) is 8.95. The summed E-state index contributed by atoms with van der Waals surface area (Å²) < 4.78 is 6.01. The SMILES string of the molecule is Cc1ccc(C(C)C)c(Oc2nc(C)nc(N)c2C)c1. The molecule has 0 spiro atoms. The summed E-state index contributed by atoms with van der Waals surface area (Å²) in [6.45, 7) is 10.0. The Hall–Kier alpha value is -2.10. The molecule has 4 heteroatoms. The van der Waals surface area contributed by atoms with Crippen LogP contribution in [0.3, 0.4) is 0 Å². The standard InChI is InChI=1S/C16H21N3O/c1-9(2)13-7-6-10(3)8-14(13)20-16-11(4)15(17)18-12(5)19-16/h6-9H,1-5H3,(H2,17,18,19). The van der Waals surface area contributed by atoms with Crippen LogP contribution in [0.5, 0.6) is 11.6 Å². The average Bonchev–Trinajstić information content (AvgIpc) is 2.35. The van der Waals surface area contributed by atoms with E-state index >= 15 is 0 Å². The maximum atomic E-state index is 6.01. The largest absolute Gasteiger partial charge is 0.438 e. The Morgan fingerprint density at radius 1 is 1.10 bits per heavy atom. The second-order valence-electron chi connectivity index (χ2n) is 5.38. The van der Waals surface area contributed by atoms with Crippen molar-refractivity contribution in [2.45, 2.75) is 40.5 Å². The van der Waals surface area contributed by atoms with Gasteiger partial charge in [-0.1, -0.05) is 26.0 Å². The van der Waals surface area contributed by atoms with E-state index in [0.717, 1.165) is 22.4 Å². The lowest BCUT2D eigenvalue weighted by Crippen LogP contribution is -2.03. The van der Waals surface area contributed by atoms with Crippen LogP contribution in [0.1, 0.15) is 42.3 Å². The van der Waals surface area contributed by atoms with Gasteiger partial charge in [0, 0.05) is 0 Å². The van der Waals surface area contributed by atoms with Gasteiger partial charge in [0.05, 0.1) is 5.56 Å². The summed E-state index contributed by atoms with van der Waals surface area (Å²) in [4.78, 5) is 8.48. The molecule has 0 fully saturated rings. The van der Waals surface area contributed by atoms with Crippen molar-refractivity contribution in [1.82, 2.24) is 9.97 Å². The number of aromatic nitrogens is 2. The van der Waals surface area contributed by atoms with E-state index in [1.165, 1.54) is 0 Å². The first-order valence-electron chi connectivity index (χ1n) is 6.77. The molecule has 4 nitrogen and oxygen atoms in total. The van der Waals surface area contributed by atoms with E-state index < -0.39 is 0 Å². The van der Waals surface area contributed by atoms with Crippen LogP contribution in [0.2, 0.25) is 0 Å². The Balaban J connectivity index is 2.47. The predicted molar refractivity (Wildman–Crippen MR) is 81.3 cm³/mol. The fourth-order valence-corrected chi connectivity index (χ4v) is 2.03. The molecule has 2 aromatic rings. The molecule has 0 aliphatic carbocycles. The molecular weight excluding hydrogens is 250 g/mol. The van der Waals surface area contributed by atoms with E-state index in [1.54, 1.807) is 0 Å². The molecule has 0 amide bonds. The normalized spacial score (nSPS) is 10.9. The lowest BCUT2D eigenvalue weighted by molar-refractivity contribution is 0.447. The Kier molecular flexibility index (Phi) is 3.93. The number of rotatable bonds is 3. The van der Waals surface area contributed by atoms with E-state index in [9.17, 15) is 0 Å². The van der Waals surface area contributed by atoms with E-state index in [-0.39, 0.29) is 0 Å². The monoisotopic (exact) mass is 271 g/mol. The molecule has 1 aromatic carbocycles. The molecular formula is C16H21N3O. The molecule has 1 aromatic heterocycles. The molecule has 0 aliphatic heterocycles. The van der Waals surface area contributed by atoms with Crippen molar-refractivity contribution in [3.05, 3.63) is 40.7 Å². The van der Waals surface area contributed by atoms with Gasteiger partial charge in [-0.15, -0.1) is 0 Å². The smallest absolute Gasteiger partial charge is 0.227 e. The van der Waals surface area contributed by atoms with Gasteiger partial charge in [-0.05, 0) is 43.9 Å². The number of ether oxygens (including phenoxy) is 1. The van der Waals surface area contributed by atoms with E-state index in [0.29, 0.717) is 23.4 Å². The number of hydrogen-bond donors (Lipinski definition) is 1. The zero-order valence-corrected chi connectivity index (χ0v) is 12.7. The Labute approximate surface area is 120 Å². The number of nitrogens with zero attached hydrogens (tertiary/aromatic N) is 2. The molecule has 2 N–H and O–H groups in total. The third-order valence-electron chi connectivity index (χ3n) is 3.25. The second-order valence-corrected chi connectivity index (χ2v) is 5.38. The summed E-state index contributed by atoms with van der Waals surface area (Å²) in [7, 11) is 0. The minimum Gasteiger partial charge on any atom is -0.438 e. The lowest BCUT2D eigenvalue weighted by Gasteiger charge is -2.15. The van der Waals surface area contributed by atoms with Crippen LogP contribution >= 0.6 is 0 Å². The van der Waals surface area contributed by atoms with Gasteiger partial charge < -0.3 is 10.5 Å². The molecule has 0 radical (unpaired) electrons. The van der Waals surface area contributed by atoms with Gasteiger partial charge >= 0.3 is 0 Å². The summed E-state index contributed by atoms with van der Waals surface area (Å²) in [6, 6.07) is 6.22. The van der Waals surface area contributed by atoms with Gasteiger partial charge in [0.15, 0.2) is 0 Å². The average molecular weight is 271 g/mol. The van der Waals surface area contributed by atoms with Crippen LogP contribution in [0, 0.1) is 20.8 Å². The highest BCUT2D eigenvalue weighted by atomic mass is 16.5. The van der Waals surface area contributed by atoms with Crippen LogP contribution < -0.4 is 10.5 Å². The Morgan fingerprint density at radius 2 is 1.80 bits per heavy atom. The van der Waals surface area contributed by atoms with Crippen LogP contribution in [0.25, 0.3) is 0 Å². The molecule has 0 unspecified atom stereocenters. The zero-order chi connectivity index (χ0) is 14.9. The zero-order valence-electron chi connectivity index (χ0n) is 12.7. The van der Waals surface area contributed by atoms with Gasteiger partial charge in [-0.2, -0.15) is 4.98 Å². The number of benzene rings is 1. The van der Waals surface area contributed by atoms with Crippen molar-refractivity contribution in [2.75, 3.05) is 5.73 Å². The molecule has 0 atom stereocenters. The maximum absolute atomic E-state index is 6.01. The fourth-order valence-electron chi connectivity index (χ4n) is 2.03. The minimum absolute atomic E-state index is 0.381. The predicted octanol–water partition coefficient (Wildman–Crippen LogP) is 3.90. The second kappa shape index (κ2) is 5.49. The third kappa shape index (κ3) is 2.90. The Bertz CT molecular complexity index is 636. The van der Waals surface area contributed by atoms with Crippen LogP contribution in [-0.4, -0.2) is 9.97 Å². The number of hydrogen-bond acceptors (Lipinski definition) is 4. The number of nitrogens with two attached hydrogens (primary N) is 1. The molecule has 106 valence electrons. The maximum Gasteiger partial charge on any atom is 0.227 e. The van der Waals surface area contributed by atoms with E-state index in [2.05, 4.69) is 35.9 Å². The topological polar surface area (TPSA) is 61.0 Å². The molecule has 2 rings (SSSR count). The number of aryl methyl sites for hydroxylation is 2. The number of nitrogen functional groups attached to an aromatic ring is 1. The van der Waals surface area contributed by atoms with Crippen molar-refractivity contribution < 1.29 is 4.74 Å². The molecule has 20 heavy (non-hydrogen) atoms. The summed E-state index contributed by atoms with van der Waals surface area (Å²) >= 11 is 0. The van der Waals surface area contributed by atoms with Crippen LogP contribution in [0.4, 0.5) is 5.82 Å². The molecule has 0 aliphatic rings. The van der Waals surface area contributed by atoms with Crippen molar-refractivity contribution in [2.24, 2.45) is 0 Å². The summed E-state index contributed by atoms with van der Waals surface area (Å²) in [5, 5.41) is 0. The quantitative estimate of drug-likeness (QED) is 0.919. The minimum atomic E-state index is 0.381. The summed E-state index contributed by atoms with van der Waals surface area (Å²) in [5.74, 6) is 2.82. The number of anilines is 1. The fraction of sp³-hybridized carbons (Fsp3) is 0.375. The van der Waals surface area contributed by atoms with Crippen molar-refractivity contribution in [3.8, 4) is 11.6 Å². The lowest BCUT2D eigenvalue weighted by atomic mass is 10.0. The van der Waals surface area contributed by atoms with Crippen LogP contribution in [-0.2, 0) is 0 Å². The first-order valence-corrected chi connectivity index (χ1v) is 6.77. The van der Waals surface area contributed by atoms with Crippen LogP contribution in [0.15, 0.2) is 18.2 Å². The van der Waals surface area contributed by atoms with E-state index in [1.807, 2.05) is 26.8 Å². The van der Waals surface area contributed by atoms with Crippen molar-refractivity contribution >= 4 is 5.82 Å². The van der Waals surface area contributed by atoms with Gasteiger partial charge in [0.25, 0.3) is 0 Å². The highest BCUT2D eigenvalue weighted by molar-refractivity contribution is 5.48. The van der Waals surface area contributed by atoms with E-state index in [4.69, 9.17) is 10.5 Å².